The summed E-state index contributed by atoms with van der Waals surface area (Å²) in [5.41, 5.74) is 0.639. The van der Waals surface area contributed by atoms with Crippen LogP contribution in [-0.4, -0.2) is 0 Å². The molecule has 0 amide bonds. The van der Waals surface area contributed by atoms with E-state index in [4.69, 9.17) is 0 Å². The van der Waals surface area contributed by atoms with Crippen LogP contribution in [0.2, 0.25) is 0 Å². The molecule has 0 heteroatoms. The minimum Gasteiger partial charge on any atom is -0.0654 e. The molecule has 0 N–H and O–H groups in total. The van der Waals surface area contributed by atoms with E-state index in [-0.39, 0.29) is 0 Å². The Kier molecular flexibility index (Phi) is 4.21. The molecule has 0 aromatic rings. The predicted molar refractivity (Wildman–Crippen MR) is 76.0 cm³/mol. The summed E-state index contributed by atoms with van der Waals surface area (Å²) in [6, 6.07) is 0. The van der Waals surface area contributed by atoms with E-state index in [0.717, 1.165) is 23.7 Å². The zero-order valence-electron chi connectivity index (χ0n) is 12.5. The molecule has 0 aliphatic heterocycles. The molecule has 0 aromatic carbocycles. The minimum atomic E-state index is 0.639. The molecule has 2 aliphatic carbocycles. The highest BCUT2D eigenvalue weighted by molar-refractivity contribution is 4.98. The van der Waals surface area contributed by atoms with Crippen LogP contribution in [0.15, 0.2) is 0 Å². The molecule has 4 unspecified atom stereocenters. The molecule has 17 heavy (non-hydrogen) atoms. The number of fused-ring (bicyclic) bond motifs is 2. The van der Waals surface area contributed by atoms with Gasteiger partial charge in [0.05, 0.1) is 0 Å². The van der Waals surface area contributed by atoms with Gasteiger partial charge >= 0.3 is 0 Å². The van der Waals surface area contributed by atoms with E-state index in [1.807, 2.05) is 0 Å². The minimum absolute atomic E-state index is 0.639. The first-order valence-corrected chi connectivity index (χ1v) is 8.07. The van der Waals surface area contributed by atoms with Crippen LogP contribution >= 0.6 is 0 Å². The van der Waals surface area contributed by atoms with Gasteiger partial charge in [0.15, 0.2) is 0 Å². The zero-order valence-corrected chi connectivity index (χ0v) is 12.5. The second-order valence-electron chi connectivity index (χ2n) is 7.59. The van der Waals surface area contributed by atoms with Crippen molar-refractivity contribution < 1.29 is 0 Å². The smallest absolute Gasteiger partial charge is 0.0349 e. The first kappa shape index (κ1) is 13.4. The van der Waals surface area contributed by atoms with Crippen LogP contribution in [0.3, 0.4) is 0 Å². The number of hydrogen-bond donors (Lipinski definition) is 0. The Morgan fingerprint density at radius 3 is 2.00 bits per heavy atom. The predicted octanol–water partition coefficient (Wildman–Crippen LogP) is 5.67. The van der Waals surface area contributed by atoms with Crippen molar-refractivity contribution in [3.05, 3.63) is 0 Å². The van der Waals surface area contributed by atoms with Crippen molar-refractivity contribution in [2.24, 2.45) is 29.1 Å². The first-order chi connectivity index (χ1) is 8.07. The third-order valence-electron chi connectivity index (χ3n) is 5.51. The SMILES string of the molecule is CCCCC1C2CC(CC(C)(C)C2)C1CCC. The fourth-order valence-corrected chi connectivity index (χ4v) is 5.08. The van der Waals surface area contributed by atoms with Gasteiger partial charge in [-0.3, -0.25) is 0 Å². The van der Waals surface area contributed by atoms with Crippen LogP contribution in [0.1, 0.15) is 79.1 Å². The molecule has 2 bridgehead atoms. The van der Waals surface area contributed by atoms with E-state index < -0.39 is 0 Å². The third kappa shape index (κ3) is 2.88. The molecule has 2 aliphatic rings. The van der Waals surface area contributed by atoms with Crippen molar-refractivity contribution in [3.8, 4) is 0 Å². The second kappa shape index (κ2) is 5.33. The van der Waals surface area contributed by atoms with E-state index in [2.05, 4.69) is 27.7 Å². The maximum absolute atomic E-state index is 2.51. The Balaban J connectivity index is 2.07. The lowest BCUT2D eigenvalue weighted by Gasteiger charge is -2.35. The summed E-state index contributed by atoms with van der Waals surface area (Å²) in [7, 11) is 0. The second-order valence-corrected chi connectivity index (χ2v) is 7.59. The van der Waals surface area contributed by atoms with Gasteiger partial charge in [-0.1, -0.05) is 53.4 Å². The van der Waals surface area contributed by atoms with Gasteiger partial charge in [-0.25, -0.2) is 0 Å². The van der Waals surface area contributed by atoms with Gasteiger partial charge in [-0.2, -0.15) is 0 Å². The van der Waals surface area contributed by atoms with Crippen molar-refractivity contribution in [3.63, 3.8) is 0 Å². The molecule has 0 heterocycles. The highest BCUT2D eigenvalue weighted by Crippen LogP contribution is 2.58. The van der Waals surface area contributed by atoms with Gasteiger partial charge in [-0.15, -0.1) is 0 Å². The van der Waals surface area contributed by atoms with Crippen LogP contribution in [0.25, 0.3) is 0 Å². The topological polar surface area (TPSA) is 0 Å². The lowest BCUT2D eigenvalue weighted by Crippen LogP contribution is -2.24. The quantitative estimate of drug-likeness (QED) is 0.577. The molecule has 0 radical (unpaired) electrons. The molecule has 100 valence electrons. The Morgan fingerprint density at radius 1 is 0.882 bits per heavy atom. The largest absolute Gasteiger partial charge is 0.0654 e. The van der Waals surface area contributed by atoms with Gasteiger partial charge in [0.25, 0.3) is 0 Å². The number of unbranched alkanes of at least 4 members (excludes halogenated alkanes) is 1. The van der Waals surface area contributed by atoms with E-state index in [0.29, 0.717) is 5.41 Å². The molecule has 2 fully saturated rings. The molecule has 0 nitrogen and oxygen atoms in total. The van der Waals surface area contributed by atoms with Crippen molar-refractivity contribution in [2.45, 2.75) is 79.1 Å². The average molecular weight is 236 g/mol. The Hall–Kier alpha value is 0. The Morgan fingerprint density at radius 2 is 1.47 bits per heavy atom. The third-order valence-corrected chi connectivity index (χ3v) is 5.51. The molecule has 2 saturated carbocycles. The summed E-state index contributed by atoms with van der Waals surface area (Å²) in [6.45, 7) is 9.75. The standard InChI is InChI=1S/C17H32/c1-5-7-9-16-14-10-13(15(16)8-6-2)11-17(3,4)12-14/h13-16H,5-12H2,1-4H3. The van der Waals surface area contributed by atoms with Gasteiger partial charge in [-0.05, 0) is 54.8 Å². The van der Waals surface area contributed by atoms with Crippen LogP contribution in [0.4, 0.5) is 0 Å². The first-order valence-electron chi connectivity index (χ1n) is 8.07. The maximum atomic E-state index is 2.51. The number of hydrogen-bond acceptors (Lipinski definition) is 0. The Labute approximate surface area is 109 Å². The van der Waals surface area contributed by atoms with Gasteiger partial charge in [0.2, 0.25) is 0 Å². The van der Waals surface area contributed by atoms with Crippen molar-refractivity contribution in [1.82, 2.24) is 0 Å². The summed E-state index contributed by atoms with van der Waals surface area (Å²) in [5, 5.41) is 0. The maximum Gasteiger partial charge on any atom is -0.0349 e. The van der Waals surface area contributed by atoms with E-state index in [1.165, 1.54) is 44.9 Å². The molecule has 0 aromatic heterocycles. The summed E-state index contributed by atoms with van der Waals surface area (Å²) in [6.07, 6.45) is 11.9. The fraction of sp³-hybridized carbons (Fsp3) is 1.00. The van der Waals surface area contributed by atoms with Crippen LogP contribution in [0.5, 0.6) is 0 Å². The Bertz CT molecular complexity index is 240. The molecular formula is C17H32. The highest BCUT2D eigenvalue weighted by Gasteiger charge is 2.48. The lowest BCUT2D eigenvalue weighted by molar-refractivity contribution is 0.157. The van der Waals surface area contributed by atoms with Gasteiger partial charge < -0.3 is 0 Å². The summed E-state index contributed by atoms with van der Waals surface area (Å²) < 4.78 is 0. The molecule has 0 spiro atoms. The molecule has 4 atom stereocenters. The van der Waals surface area contributed by atoms with Gasteiger partial charge in [0, 0.05) is 0 Å². The van der Waals surface area contributed by atoms with Crippen LogP contribution in [-0.2, 0) is 0 Å². The summed E-state index contributed by atoms with van der Waals surface area (Å²) in [4.78, 5) is 0. The zero-order chi connectivity index (χ0) is 12.5. The molecule has 2 rings (SSSR count). The summed E-state index contributed by atoms with van der Waals surface area (Å²) >= 11 is 0. The van der Waals surface area contributed by atoms with Gasteiger partial charge in [0.1, 0.15) is 0 Å². The van der Waals surface area contributed by atoms with Crippen LogP contribution in [0, 0.1) is 29.1 Å². The average Bonchev–Trinajstić information content (AvgIpc) is 2.48. The monoisotopic (exact) mass is 236 g/mol. The molecule has 0 saturated heterocycles. The van der Waals surface area contributed by atoms with E-state index in [9.17, 15) is 0 Å². The van der Waals surface area contributed by atoms with Crippen molar-refractivity contribution >= 4 is 0 Å². The lowest BCUT2D eigenvalue weighted by atomic mass is 9.70. The number of rotatable bonds is 5. The normalized spacial score (nSPS) is 39.5. The van der Waals surface area contributed by atoms with Crippen LogP contribution < -0.4 is 0 Å². The van der Waals surface area contributed by atoms with E-state index in [1.54, 1.807) is 6.42 Å². The summed E-state index contributed by atoms with van der Waals surface area (Å²) in [5.74, 6) is 4.32. The van der Waals surface area contributed by atoms with Crippen molar-refractivity contribution in [2.75, 3.05) is 0 Å². The van der Waals surface area contributed by atoms with E-state index >= 15 is 0 Å². The molecular weight excluding hydrogens is 204 g/mol. The highest BCUT2D eigenvalue weighted by atomic mass is 14.5. The fourth-order valence-electron chi connectivity index (χ4n) is 5.08. The van der Waals surface area contributed by atoms with Crippen molar-refractivity contribution in [1.29, 1.82) is 0 Å².